The normalized spacial score (nSPS) is 18.4. The van der Waals surface area contributed by atoms with E-state index >= 15 is 0 Å². The molecule has 0 aromatic carbocycles. The highest BCUT2D eigenvalue weighted by molar-refractivity contribution is 5.68. The predicted octanol–water partition coefficient (Wildman–Crippen LogP) is 2.82. The van der Waals surface area contributed by atoms with Crippen LogP contribution in [0.5, 0.6) is 0 Å². The maximum absolute atomic E-state index is 11.1. The van der Waals surface area contributed by atoms with Crippen molar-refractivity contribution >= 4 is 5.97 Å². The van der Waals surface area contributed by atoms with E-state index in [-0.39, 0.29) is 5.97 Å². The number of rotatable bonds is 6. The molecule has 0 fully saturated rings. The highest BCUT2D eigenvalue weighted by atomic mass is 16.5. The van der Waals surface area contributed by atoms with E-state index < -0.39 is 0 Å². The number of hydrogen-bond acceptors (Lipinski definition) is 3. The minimum Gasteiger partial charge on any atom is -0.469 e. The van der Waals surface area contributed by atoms with Crippen LogP contribution >= 0.6 is 0 Å². The standard InChI is InChI=1S/C16H26N2O2/c1-3-17-15-8-5-4-7-13-11-18(12-14(13)15)10-6-9-16(19)20-2/h11-12,15,17H,3-10H2,1-2H3. The maximum atomic E-state index is 11.1. The van der Waals surface area contributed by atoms with Crippen LogP contribution in [-0.4, -0.2) is 24.2 Å². The van der Waals surface area contributed by atoms with E-state index in [0.29, 0.717) is 12.5 Å². The first kappa shape index (κ1) is 15.1. The zero-order valence-electron chi connectivity index (χ0n) is 12.7. The molecule has 1 heterocycles. The summed E-state index contributed by atoms with van der Waals surface area (Å²) in [5.41, 5.74) is 2.94. The third-order valence-electron chi connectivity index (χ3n) is 4.04. The molecule has 1 aromatic rings. The number of aromatic nitrogens is 1. The third kappa shape index (κ3) is 3.85. The minimum atomic E-state index is -0.121. The van der Waals surface area contributed by atoms with Crippen LogP contribution in [0.4, 0.5) is 0 Å². The van der Waals surface area contributed by atoms with Crippen molar-refractivity contribution in [2.75, 3.05) is 13.7 Å². The SMILES string of the molecule is CCNC1CCCCc2cn(CCCC(=O)OC)cc21. The third-order valence-corrected chi connectivity index (χ3v) is 4.04. The van der Waals surface area contributed by atoms with Gasteiger partial charge in [-0.2, -0.15) is 0 Å². The lowest BCUT2D eigenvalue weighted by molar-refractivity contribution is -0.140. The first-order valence-corrected chi connectivity index (χ1v) is 7.73. The molecule has 112 valence electrons. The molecule has 0 bridgehead atoms. The van der Waals surface area contributed by atoms with Crippen molar-refractivity contribution in [3.63, 3.8) is 0 Å². The van der Waals surface area contributed by atoms with Gasteiger partial charge in [0.2, 0.25) is 0 Å². The lowest BCUT2D eigenvalue weighted by Crippen LogP contribution is -2.20. The summed E-state index contributed by atoms with van der Waals surface area (Å²) in [7, 11) is 1.45. The van der Waals surface area contributed by atoms with Gasteiger partial charge in [0.1, 0.15) is 0 Å². The summed E-state index contributed by atoms with van der Waals surface area (Å²) >= 11 is 0. The lowest BCUT2D eigenvalue weighted by atomic mass is 10.0. The molecule has 0 spiro atoms. The molecule has 2 rings (SSSR count). The minimum absolute atomic E-state index is 0.121. The van der Waals surface area contributed by atoms with E-state index in [1.54, 1.807) is 0 Å². The van der Waals surface area contributed by atoms with Gasteiger partial charge in [0.15, 0.2) is 0 Å². The molecule has 0 saturated heterocycles. The molecule has 1 N–H and O–H groups in total. The summed E-state index contributed by atoms with van der Waals surface area (Å²) in [5, 5.41) is 3.59. The van der Waals surface area contributed by atoms with Gasteiger partial charge >= 0.3 is 5.97 Å². The number of aryl methyl sites for hydroxylation is 2. The van der Waals surface area contributed by atoms with Gasteiger partial charge in [-0.15, -0.1) is 0 Å². The zero-order valence-corrected chi connectivity index (χ0v) is 12.7. The largest absolute Gasteiger partial charge is 0.469 e. The smallest absolute Gasteiger partial charge is 0.305 e. The highest BCUT2D eigenvalue weighted by Crippen LogP contribution is 2.29. The average Bonchev–Trinajstić information content (AvgIpc) is 2.76. The average molecular weight is 278 g/mol. The number of fused-ring (bicyclic) bond motifs is 1. The maximum Gasteiger partial charge on any atom is 0.305 e. The summed E-state index contributed by atoms with van der Waals surface area (Å²) in [6.07, 6.45) is 10.9. The van der Waals surface area contributed by atoms with E-state index in [1.165, 1.54) is 43.9 Å². The molecule has 4 heteroatoms. The molecule has 0 amide bonds. The molecular formula is C16H26N2O2. The molecular weight excluding hydrogens is 252 g/mol. The van der Waals surface area contributed by atoms with Gasteiger partial charge in [0, 0.05) is 31.4 Å². The Bertz CT molecular complexity index is 440. The van der Waals surface area contributed by atoms with Gasteiger partial charge < -0.3 is 14.6 Å². The van der Waals surface area contributed by atoms with Gasteiger partial charge in [0.05, 0.1) is 7.11 Å². The number of ether oxygens (including phenoxy) is 1. The van der Waals surface area contributed by atoms with E-state index in [9.17, 15) is 4.79 Å². The van der Waals surface area contributed by atoms with Crippen molar-refractivity contribution in [2.45, 2.75) is 58.0 Å². The van der Waals surface area contributed by atoms with Crippen LogP contribution in [0, 0.1) is 0 Å². The Morgan fingerprint density at radius 3 is 3.05 bits per heavy atom. The monoisotopic (exact) mass is 278 g/mol. The molecule has 1 atom stereocenters. The van der Waals surface area contributed by atoms with Crippen LogP contribution in [0.25, 0.3) is 0 Å². The number of hydrogen-bond donors (Lipinski definition) is 1. The Hall–Kier alpha value is -1.29. The predicted molar refractivity (Wildman–Crippen MR) is 79.7 cm³/mol. The van der Waals surface area contributed by atoms with Crippen LogP contribution in [0.1, 0.15) is 56.2 Å². The van der Waals surface area contributed by atoms with Crippen molar-refractivity contribution in [3.8, 4) is 0 Å². The zero-order chi connectivity index (χ0) is 14.4. The first-order chi connectivity index (χ1) is 9.74. The van der Waals surface area contributed by atoms with E-state index in [2.05, 4.69) is 33.9 Å². The Balaban J connectivity index is 1.99. The van der Waals surface area contributed by atoms with Crippen LogP contribution < -0.4 is 5.32 Å². The molecule has 0 aliphatic heterocycles. The fourth-order valence-corrected chi connectivity index (χ4v) is 3.01. The number of esters is 1. The second kappa shape index (κ2) is 7.48. The van der Waals surface area contributed by atoms with Gasteiger partial charge in [-0.25, -0.2) is 0 Å². The molecule has 20 heavy (non-hydrogen) atoms. The number of nitrogens with zero attached hydrogens (tertiary/aromatic N) is 1. The summed E-state index contributed by atoms with van der Waals surface area (Å²) in [5.74, 6) is -0.121. The van der Waals surface area contributed by atoms with E-state index in [1.807, 2.05) is 0 Å². The van der Waals surface area contributed by atoms with E-state index in [4.69, 9.17) is 0 Å². The van der Waals surface area contributed by atoms with Crippen LogP contribution in [0.15, 0.2) is 12.4 Å². The molecule has 4 nitrogen and oxygen atoms in total. The number of nitrogens with one attached hydrogen (secondary N) is 1. The summed E-state index contributed by atoms with van der Waals surface area (Å²) in [6, 6.07) is 0.499. The molecule has 1 unspecified atom stereocenters. The van der Waals surface area contributed by atoms with Crippen molar-refractivity contribution in [2.24, 2.45) is 0 Å². The summed E-state index contributed by atoms with van der Waals surface area (Å²) in [4.78, 5) is 11.1. The lowest BCUT2D eigenvalue weighted by Gasteiger charge is -2.15. The van der Waals surface area contributed by atoms with Crippen molar-refractivity contribution in [1.29, 1.82) is 0 Å². The van der Waals surface area contributed by atoms with E-state index in [0.717, 1.165) is 19.5 Å². The van der Waals surface area contributed by atoms with Gasteiger partial charge in [-0.1, -0.05) is 13.3 Å². The summed E-state index contributed by atoms with van der Waals surface area (Å²) < 4.78 is 6.92. The Kier molecular flexibility index (Phi) is 5.65. The fourth-order valence-electron chi connectivity index (χ4n) is 3.01. The van der Waals surface area contributed by atoms with Crippen LogP contribution in [0.3, 0.4) is 0 Å². The second-order valence-electron chi connectivity index (χ2n) is 5.51. The van der Waals surface area contributed by atoms with Crippen molar-refractivity contribution < 1.29 is 9.53 Å². The quantitative estimate of drug-likeness (QED) is 0.643. The van der Waals surface area contributed by atoms with Crippen molar-refractivity contribution in [3.05, 3.63) is 23.5 Å². The molecule has 1 aliphatic rings. The molecule has 1 aromatic heterocycles. The molecule has 1 aliphatic carbocycles. The van der Waals surface area contributed by atoms with Gasteiger partial charge in [-0.05, 0) is 43.4 Å². The Labute approximate surface area is 121 Å². The van der Waals surface area contributed by atoms with Crippen LogP contribution in [-0.2, 0) is 22.5 Å². The first-order valence-electron chi connectivity index (χ1n) is 7.73. The Morgan fingerprint density at radius 2 is 2.30 bits per heavy atom. The fraction of sp³-hybridized carbons (Fsp3) is 0.688. The topological polar surface area (TPSA) is 43.3 Å². The molecule has 0 saturated carbocycles. The highest BCUT2D eigenvalue weighted by Gasteiger charge is 2.19. The second-order valence-corrected chi connectivity index (χ2v) is 5.51. The van der Waals surface area contributed by atoms with Gasteiger partial charge in [-0.3, -0.25) is 4.79 Å². The molecule has 0 radical (unpaired) electrons. The number of methoxy groups -OCH3 is 1. The Morgan fingerprint density at radius 1 is 1.45 bits per heavy atom. The summed E-state index contributed by atoms with van der Waals surface area (Å²) in [6.45, 7) is 4.07. The number of carbonyl (C=O) groups excluding carboxylic acids is 1. The number of carbonyl (C=O) groups is 1. The van der Waals surface area contributed by atoms with Gasteiger partial charge in [0.25, 0.3) is 0 Å². The van der Waals surface area contributed by atoms with Crippen molar-refractivity contribution in [1.82, 2.24) is 9.88 Å². The van der Waals surface area contributed by atoms with Crippen LogP contribution in [0.2, 0.25) is 0 Å².